The molecule has 1 amide bonds. The molecular weight excluding hydrogens is 200 g/mol. The minimum absolute atomic E-state index is 0.221. The quantitative estimate of drug-likeness (QED) is 0.462. The maximum atomic E-state index is 11.1. The van der Waals surface area contributed by atoms with Crippen LogP contribution in [0.4, 0.5) is 0 Å². The summed E-state index contributed by atoms with van der Waals surface area (Å²) in [7, 11) is 0. The van der Waals surface area contributed by atoms with Gasteiger partial charge in [-0.25, -0.2) is 4.79 Å². The second-order valence-electron chi connectivity index (χ2n) is 3.91. The minimum atomic E-state index is -0.958. The summed E-state index contributed by atoms with van der Waals surface area (Å²) in [6, 6.07) is 0. The molecule has 0 aromatic heterocycles. The molecule has 0 unspecified atom stereocenters. The normalized spacial score (nSPS) is 10.7. The van der Waals surface area contributed by atoms with E-state index in [2.05, 4.69) is 5.32 Å². The van der Waals surface area contributed by atoms with Crippen molar-refractivity contribution in [2.45, 2.75) is 26.4 Å². The Morgan fingerprint density at radius 2 is 1.80 bits per heavy atom. The van der Waals surface area contributed by atoms with Crippen molar-refractivity contribution in [2.24, 2.45) is 5.73 Å². The van der Waals surface area contributed by atoms with E-state index in [1.807, 2.05) is 0 Å². The number of esters is 1. The van der Waals surface area contributed by atoms with Crippen LogP contribution in [0, 0.1) is 0 Å². The summed E-state index contributed by atoms with van der Waals surface area (Å²) in [6.45, 7) is 4.34. The van der Waals surface area contributed by atoms with Crippen molar-refractivity contribution in [3.8, 4) is 0 Å². The smallest absolute Gasteiger partial charge is 0.377 e. The number of nitrogens with one attached hydrogen (secondary N) is 1. The number of rotatable bonds is 4. The van der Waals surface area contributed by atoms with Gasteiger partial charge < -0.3 is 15.8 Å². The van der Waals surface area contributed by atoms with Crippen LogP contribution in [-0.2, 0) is 19.1 Å². The first kappa shape index (κ1) is 13.6. The summed E-state index contributed by atoms with van der Waals surface area (Å²) in [5.74, 6) is -2.25. The molecule has 0 aliphatic heterocycles. The number of ketones is 1. The molecule has 0 aliphatic rings. The van der Waals surface area contributed by atoms with Crippen molar-refractivity contribution in [1.82, 2.24) is 5.32 Å². The van der Waals surface area contributed by atoms with Crippen LogP contribution in [0.5, 0.6) is 0 Å². The number of ether oxygens (including phenoxy) is 1. The Bertz CT molecular complexity index is 268. The maximum absolute atomic E-state index is 11.1. The Morgan fingerprint density at radius 3 is 2.20 bits per heavy atom. The van der Waals surface area contributed by atoms with Crippen molar-refractivity contribution in [3.63, 3.8) is 0 Å². The lowest BCUT2D eigenvalue weighted by Gasteiger charge is -2.18. The van der Waals surface area contributed by atoms with Crippen LogP contribution in [0.1, 0.15) is 20.8 Å². The van der Waals surface area contributed by atoms with E-state index in [0.29, 0.717) is 0 Å². The standard InChI is InChI=1S/C9H16N2O4/c1-9(2,3)15-8(14)6(12)5-11-7(13)4-10/h4-5,10H2,1-3H3,(H,11,13). The molecule has 0 spiro atoms. The van der Waals surface area contributed by atoms with Gasteiger partial charge in [-0.15, -0.1) is 0 Å². The van der Waals surface area contributed by atoms with Gasteiger partial charge in [0.15, 0.2) is 0 Å². The highest BCUT2D eigenvalue weighted by Crippen LogP contribution is 2.06. The molecule has 86 valence electrons. The summed E-state index contributed by atoms with van der Waals surface area (Å²) in [5, 5.41) is 2.18. The highest BCUT2D eigenvalue weighted by molar-refractivity contribution is 6.34. The van der Waals surface area contributed by atoms with Crippen LogP contribution in [0.15, 0.2) is 0 Å². The fourth-order valence-corrected chi connectivity index (χ4v) is 0.658. The van der Waals surface area contributed by atoms with Crippen LogP contribution in [0.3, 0.4) is 0 Å². The number of hydrogen-bond acceptors (Lipinski definition) is 5. The monoisotopic (exact) mass is 216 g/mol. The summed E-state index contributed by atoms with van der Waals surface area (Å²) < 4.78 is 4.79. The first-order chi connectivity index (χ1) is 6.76. The molecular formula is C9H16N2O4. The molecule has 0 fully saturated rings. The van der Waals surface area contributed by atoms with E-state index < -0.39 is 23.3 Å². The van der Waals surface area contributed by atoms with E-state index in [1.54, 1.807) is 20.8 Å². The van der Waals surface area contributed by atoms with Gasteiger partial charge in [0.1, 0.15) is 5.60 Å². The highest BCUT2D eigenvalue weighted by Gasteiger charge is 2.22. The molecule has 0 saturated heterocycles. The zero-order chi connectivity index (χ0) is 12.1. The summed E-state index contributed by atoms with van der Waals surface area (Å²) in [4.78, 5) is 32.9. The predicted molar refractivity (Wildman–Crippen MR) is 52.9 cm³/mol. The van der Waals surface area contributed by atoms with Gasteiger partial charge >= 0.3 is 5.97 Å². The van der Waals surface area contributed by atoms with Crippen LogP contribution >= 0.6 is 0 Å². The van der Waals surface area contributed by atoms with Crippen molar-refractivity contribution >= 4 is 17.7 Å². The van der Waals surface area contributed by atoms with E-state index in [1.165, 1.54) is 0 Å². The van der Waals surface area contributed by atoms with E-state index in [9.17, 15) is 14.4 Å². The molecule has 0 rings (SSSR count). The maximum Gasteiger partial charge on any atom is 0.377 e. The molecule has 0 heterocycles. The largest absolute Gasteiger partial charge is 0.454 e. The van der Waals surface area contributed by atoms with Crippen LogP contribution in [-0.4, -0.2) is 36.4 Å². The number of carbonyl (C=O) groups is 3. The number of carbonyl (C=O) groups excluding carboxylic acids is 3. The van der Waals surface area contributed by atoms with Crippen molar-refractivity contribution in [1.29, 1.82) is 0 Å². The second-order valence-corrected chi connectivity index (χ2v) is 3.91. The topological polar surface area (TPSA) is 98.5 Å². The Balaban J connectivity index is 4.01. The fourth-order valence-electron chi connectivity index (χ4n) is 0.658. The second kappa shape index (κ2) is 5.45. The fraction of sp³-hybridized carbons (Fsp3) is 0.667. The van der Waals surface area contributed by atoms with E-state index in [-0.39, 0.29) is 13.1 Å². The van der Waals surface area contributed by atoms with Gasteiger partial charge in [0.25, 0.3) is 5.78 Å². The Kier molecular flexibility index (Phi) is 4.93. The van der Waals surface area contributed by atoms with Crippen molar-refractivity contribution in [3.05, 3.63) is 0 Å². The molecule has 3 N–H and O–H groups in total. The molecule has 0 radical (unpaired) electrons. The number of amides is 1. The average molecular weight is 216 g/mol. The lowest BCUT2D eigenvalue weighted by molar-refractivity contribution is -0.162. The first-order valence-electron chi connectivity index (χ1n) is 4.49. The van der Waals surface area contributed by atoms with Gasteiger partial charge in [-0.3, -0.25) is 9.59 Å². The average Bonchev–Trinajstić information content (AvgIpc) is 2.10. The molecule has 0 aliphatic carbocycles. The van der Waals surface area contributed by atoms with Gasteiger partial charge in [0, 0.05) is 0 Å². The van der Waals surface area contributed by atoms with E-state index in [4.69, 9.17) is 10.5 Å². The highest BCUT2D eigenvalue weighted by atomic mass is 16.6. The molecule has 6 nitrogen and oxygen atoms in total. The lowest BCUT2D eigenvalue weighted by atomic mass is 10.2. The third-order valence-corrected chi connectivity index (χ3v) is 1.26. The molecule has 0 bridgehead atoms. The number of Topliss-reactive ketones (excluding diaryl/α,β-unsaturated/α-hetero) is 1. The minimum Gasteiger partial charge on any atom is -0.454 e. The summed E-state index contributed by atoms with van der Waals surface area (Å²) in [6.07, 6.45) is 0. The molecule has 0 aromatic rings. The van der Waals surface area contributed by atoms with E-state index >= 15 is 0 Å². The Labute approximate surface area is 88.1 Å². The molecule has 0 atom stereocenters. The number of hydrogen-bond donors (Lipinski definition) is 2. The zero-order valence-corrected chi connectivity index (χ0v) is 9.12. The van der Waals surface area contributed by atoms with Crippen molar-refractivity contribution < 1.29 is 19.1 Å². The predicted octanol–water partition coefficient (Wildman–Crippen LogP) is -1.03. The van der Waals surface area contributed by atoms with Crippen LogP contribution in [0.2, 0.25) is 0 Å². The first-order valence-corrected chi connectivity index (χ1v) is 4.49. The third-order valence-electron chi connectivity index (χ3n) is 1.26. The van der Waals surface area contributed by atoms with Gasteiger partial charge in [-0.2, -0.15) is 0 Å². The molecule has 6 heteroatoms. The van der Waals surface area contributed by atoms with Gasteiger partial charge in [0.05, 0.1) is 13.1 Å². The number of nitrogens with two attached hydrogens (primary N) is 1. The van der Waals surface area contributed by atoms with Gasteiger partial charge in [-0.1, -0.05) is 0 Å². The Hall–Kier alpha value is -1.43. The Morgan fingerprint density at radius 1 is 1.27 bits per heavy atom. The van der Waals surface area contributed by atoms with E-state index in [0.717, 1.165) is 0 Å². The van der Waals surface area contributed by atoms with Crippen LogP contribution in [0.25, 0.3) is 0 Å². The van der Waals surface area contributed by atoms with Gasteiger partial charge in [0.2, 0.25) is 5.91 Å². The third kappa shape index (κ3) is 6.62. The lowest BCUT2D eigenvalue weighted by Crippen LogP contribution is -2.39. The molecule has 0 aromatic carbocycles. The SMILES string of the molecule is CC(C)(C)OC(=O)C(=O)CNC(=O)CN. The molecule has 15 heavy (non-hydrogen) atoms. The van der Waals surface area contributed by atoms with Gasteiger partial charge in [-0.05, 0) is 20.8 Å². The summed E-state index contributed by atoms with van der Waals surface area (Å²) >= 11 is 0. The van der Waals surface area contributed by atoms with Crippen molar-refractivity contribution in [2.75, 3.05) is 13.1 Å². The van der Waals surface area contributed by atoms with Crippen LogP contribution < -0.4 is 11.1 Å². The molecule has 0 saturated carbocycles. The zero-order valence-electron chi connectivity index (χ0n) is 9.12. The summed E-state index contributed by atoms with van der Waals surface area (Å²) in [5.41, 5.74) is 4.28.